The van der Waals surface area contributed by atoms with Gasteiger partial charge in [0.15, 0.2) is 0 Å². The van der Waals surface area contributed by atoms with Gasteiger partial charge in [-0.05, 0) is 12.1 Å². The van der Waals surface area contributed by atoms with Crippen LogP contribution in [0.4, 0.5) is 5.69 Å². The van der Waals surface area contributed by atoms with Crippen LogP contribution in [0.3, 0.4) is 0 Å². The second-order valence-electron chi connectivity index (χ2n) is 4.37. The number of nitrogens with one attached hydrogen (secondary N) is 1. The molecule has 1 saturated heterocycles. The molecule has 1 N–H and O–H groups in total. The molecular formula is C13H16N2O3. The van der Waals surface area contributed by atoms with E-state index in [1.807, 2.05) is 24.3 Å². The van der Waals surface area contributed by atoms with Crippen molar-refractivity contribution in [3.8, 4) is 5.75 Å². The summed E-state index contributed by atoms with van der Waals surface area (Å²) in [5.41, 5.74) is 0.836. The Kier molecular flexibility index (Phi) is 3.17. The van der Waals surface area contributed by atoms with Gasteiger partial charge in [-0.25, -0.2) is 0 Å². The van der Waals surface area contributed by atoms with Crippen LogP contribution in [0.15, 0.2) is 24.3 Å². The van der Waals surface area contributed by atoms with Crippen molar-refractivity contribution in [3.63, 3.8) is 0 Å². The van der Waals surface area contributed by atoms with E-state index in [9.17, 15) is 4.79 Å². The molecule has 1 atom stereocenters. The Bertz CT molecular complexity index is 444. The SMILES string of the molecule is O=C(C1CNCCO1)N1CCOc2ccccc21. The fourth-order valence-electron chi connectivity index (χ4n) is 2.30. The third-order valence-corrected chi connectivity index (χ3v) is 3.20. The van der Waals surface area contributed by atoms with Crippen LogP contribution in [-0.4, -0.2) is 44.9 Å². The number of rotatable bonds is 1. The summed E-state index contributed by atoms with van der Waals surface area (Å²) in [7, 11) is 0. The lowest BCUT2D eigenvalue weighted by atomic mass is 10.2. The van der Waals surface area contributed by atoms with Crippen LogP contribution >= 0.6 is 0 Å². The number of para-hydroxylation sites is 2. The number of fused-ring (bicyclic) bond motifs is 1. The fraction of sp³-hybridized carbons (Fsp3) is 0.462. The van der Waals surface area contributed by atoms with Crippen molar-refractivity contribution >= 4 is 11.6 Å². The molecule has 5 nitrogen and oxygen atoms in total. The highest BCUT2D eigenvalue weighted by Gasteiger charge is 2.30. The number of hydrogen-bond donors (Lipinski definition) is 1. The summed E-state index contributed by atoms with van der Waals surface area (Å²) in [6, 6.07) is 7.61. The Morgan fingerprint density at radius 1 is 1.33 bits per heavy atom. The molecule has 0 saturated carbocycles. The van der Waals surface area contributed by atoms with E-state index in [-0.39, 0.29) is 12.0 Å². The minimum absolute atomic E-state index is 0.0120. The van der Waals surface area contributed by atoms with Crippen molar-refractivity contribution in [1.29, 1.82) is 0 Å². The molecule has 5 heteroatoms. The largest absolute Gasteiger partial charge is 0.490 e. The van der Waals surface area contributed by atoms with E-state index in [0.717, 1.165) is 18.0 Å². The summed E-state index contributed by atoms with van der Waals surface area (Å²) >= 11 is 0. The molecule has 2 aliphatic rings. The third-order valence-electron chi connectivity index (χ3n) is 3.20. The number of ether oxygens (including phenoxy) is 2. The standard InChI is InChI=1S/C13H16N2O3/c16-13(12-9-14-5-7-17-12)15-6-8-18-11-4-2-1-3-10(11)15/h1-4,12,14H,5-9H2. The van der Waals surface area contributed by atoms with Gasteiger partial charge < -0.3 is 19.7 Å². The van der Waals surface area contributed by atoms with Crippen molar-refractivity contribution in [3.05, 3.63) is 24.3 Å². The zero-order valence-corrected chi connectivity index (χ0v) is 10.1. The average molecular weight is 248 g/mol. The molecule has 1 aromatic carbocycles. The lowest BCUT2D eigenvalue weighted by molar-refractivity contribution is -0.131. The highest BCUT2D eigenvalue weighted by molar-refractivity contribution is 5.98. The van der Waals surface area contributed by atoms with Crippen LogP contribution in [0, 0.1) is 0 Å². The minimum atomic E-state index is -0.384. The number of carbonyl (C=O) groups is 1. The first kappa shape index (κ1) is 11.5. The summed E-state index contributed by atoms with van der Waals surface area (Å²) in [6.45, 7) is 3.09. The van der Waals surface area contributed by atoms with Gasteiger partial charge in [-0.2, -0.15) is 0 Å². The molecule has 96 valence electrons. The second-order valence-corrected chi connectivity index (χ2v) is 4.37. The molecule has 3 rings (SSSR count). The quantitative estimate of drug-likeness (QED) is 0.781. The molecule has 2 heterocycles. The first-order valence-electron chi connectivity index (χ1n) is 6.22. The van der Waals surface area contributed by atoms with Crippen molar-refractivity contribution in [1.82, 2.24) is 5.32 Å². The van der Waals surface area contributed by atoms with E-state index in [1.54, 1.807) is 4.90 Å². The van der Waals surface area contributed by atoms with Crippen molar-refractivity contribution < 1.29 is 14.3 Å². The maximum atomic E-state index is 12.4. The molecule has 1 aromatic rings. The number of nitrogens with zero attached hydrogens (tertiary/aromatic N) is 1. The van der Waals surface area contributed by atoms with E-state index in [1.165, 1.54) is 0 Å². The lowest BCUT2D eigenvalue weighted by Crippen LogP contribution is -2.51. The van der Waals surface area contributed by atoms with Gasteiger partial charge in [0.25, 0.3) is 5.91 Å². The third kappa shape index (κ3) is 2.07. The number of amides is 1. The van der Waals surface area contributed by atoms with Crippen LogP contribution in [0.25, 0.3) is 0 Å². The highest BCUT2D eigenvalue weighted by atomic mass is 16.5. The number of morpholine rings is 1. The highest BCUT2D eigenvalue weighted by Crippen LogP contribution is 2.31. The van der Waals surface area contributed by atoms with Crippen LogP contribution in [0.1, 0.15) is 0 Å². The average Bonchev–Trinajstić information content (AvgIpc) is 2.47. The molecule has 2 aliphatic heterocycles. The summed E-state index contributed by atoms with van der Waals surface area (Å²) in [5, 5.41) is 3.18. The topological polar surface area (TPSA) is 50.8 Å². The van der Waals surface area contributed by atoms with Gasteiger partial charge in [-0.15, -0.1) is 0 Å². The Morgan fingerprint density at radius 3 is 3.06 bits per heavy atom. The second kappa shape index (κ2) is 4.96. The van der Waals surface area contributed by atoms with Gasteiger partial charge >= 0.3 is 0 Å². The van der Waals surface area contributed by atoms with Crippen LogP contribution in [0.5, 0.6) is 5.75 Å². The van der Waals surface area contributed by atoms with Crippen molar-refractivity contribution in [2.45, 2.75) is 6.10 Å². The fourth-order valence-corrected chi connectivity index (χ4v) is 2.30. The number of benzene rings is 1. The van der Waals surface area contributed by atoms with E-state index in [4.69, 9.17) is 9.47 Å². The lowest BCUT2D eigenvalue weighted by Gasteiger charge is -2.33. The molecule has 1 unspecified atom stereocenters. The molecule has 0 bridgehead atoms. The summed E-state index contributed by atoms with van der Waals surface area (Å²) in [4.78, 5) is 14.2. The van der Waals surface area contributed by atoms with Gasteiger partial charge in [0.05, 0.1) is 18.8 Å². The molecule has 0 aromatic heterocycles. The predicted octanol–water partition coefficient (Wildman–Crippen LogP) is 0.400. The van der Waals surface area contributed by atoms with E-state index in [0.29, 0.717) is 26.3 Å². The molecule has 0 radical (unpaired) electrons. The van der Waals surface area contributed by atoms with Crippen molar-refractivity contribution in [2.75, 3.05) is 37.7 Å². The normalized spacial score (nSPS) is 23.1. The first-order valence-corrected chi connectivity index (χ1v) is 6.22. The van der Waals surface area contributed by atoms with E-state index >= 15 is 0 Å². The van der Waals surface area contributed by atoms with Crippen LogP contribution < -0.4 is 15.0 Å². The zero-order chi connectivity index (χ0) is 12.4. The molecule has 1 fully saturated rings. The molecule has 1 amide bonds. The first-order chi connectivity index (χ1) is 8.86. The molecule has 0 spiro atoms. The molecule has 18 heavy (non-hydrogen) atoms. The Morgan fingerprint density at radius 2 is 2.22 bits per heavy atom. The summed E-state index contributed by atoms with van der Waals surface area (Å²) in [6.07, 6.45) is -0.384. The monoisotopic (exact) mass is 248 g/mol. The zero-order valence-electron chi connectivity index (χ0n) is 10.1. The van der Waals surface area contributed by atoms with Crippen LogP contribution in [-0.2, 0) is 9.53 Å². The van der Waals surface area contributed by atoms with Crippen LogP contribution in [0.2, 0.25) is 0 Å². The minimum Gasteiger partial charge on any atom is -0.490 e. The Balaban J connectivity index is 1.82. The van der Waals surface area contributed by atoms with Gasteiger partial charge in [0.2, 0.25) is 0 Å². The smallest absolute Gasteiger partial charge is 0.257 e. The van der Waals surface area contributed by atoms with E-state index < -0.39 is 0 Å². The summed E-state index contributed by atoms with van der Waals surface area (Å²) < 4.78 is 11.1. The predicted molar refractivity (Wildman–Crippen MR) is 66.9 cm³/mol. The maximum absolute atomic E-state index is 12.4. The summed E-state index contributed by atoms with van der Waals surface area (Å²) in [5.74, 6) is 0.777. The van der Waals surface area contributed by atoms with E-state index in [2.05, 4.69) is 5.32 Å². The number of carbonyl (C=O) groups excluding carboxylic acids is 1. The van der Waals surface area contributed by atoms with Gasteiger partial charge in [0.1, 0.15) is 18.5 Å². The number of hydrogen-bond acceptors (Lipinski definition) is 4. The van der Waals surface area contributed by atoms with Gasteiger partial charge in [-0.3, -0.25) is 4.79 Å². The van der Waals surface area contributed by atoms with Gasteiger partial charge in [-0.1, -0.05) is 12.1 Å². The number of anilines is 1. The molecular weight excluding hydrogens is 232 g/mol. The maximum Gasteiger partial charge on any atom is 0.257 e. The Labute approximate surface area is 106 Å². The molecule has 0 aliphatic carbocycles. The van der Waals surface area contributed by atoms with Crippen molar-refractivity contribution in [2.24, 2.45) is 0 Å². The Hall–Kier alpha value is -1.59. The van der Waals surface area contributed by atoms with Gasteiger partial charge in [0, 0.05) is 13.1 Å².